The van der Waals surface area contributed by atoms with Crippen LogP contribution in [0.15, 0.2) is 0 Å². The zero-order valence-electron chi connectivity index (χ0n) is 7.34. The van der Waals surface area contributed by atoms with Crippen LogP contribution in [-0.4, -0.2) is 30.0 Å². The Balaban J connectivity index is 0.000001000. The average molecular weight is 178 g/mol. The first kappa shape index (κ1) is 10.8. The van der Waals surface area contributed by atoms with Gasteiger partial charge >= 0.3 is 0 Å². The van der Waals surface area contributed by atoms with Gasteiger partial charge in [0.1, 0.15) is 13.1 Å². The normalized spacial score (nSPS) is 18.2. The van der Waals surface area contributed by atoms with Crippen LogP contribution in [-0.2, 0) is 0 Å². The quantitative estimate of drug-likeness (QED) is 0.642. The molecule has 0 saturated heterocycles. The molecule has 0 saturated carbocycles. The Morgan fingerprint density at radius 1 is 1.64 bits per heavy atom. The van der Waals surface area contributed by atoms with Crippen molar-refractivity contribution in [2.45, 2.75) is 32.7 Å². The van der Waals surface area contributed by atoms with Crippen molar-refractivity contribution in [2.24, 2.45) is 0 Å². The third-order valence-corrected chi connectivity index (χ3v) is 2.04. The first-order chi connectivity index (χ1) is 4.84. The Morgan fingerprint density at radius 3 is 2.82 bits per heavy atom. The zero-order chi connectivity index (χ0) is 7.40. The van der Waals surface area contributed by atoms with Crippen molar-refractivity contribution < 1.29 is 4.58 Å². The molecule has 1 atom stereocenters. The summed E-state index contributed by atoms with van der Waals surface area (Å²) in [7, 11) is 0. The largest absolute Gasteiger partial charge is 0.277 e. The third-order valence-electron chi connectivity index (χ3n) is 2.04. The summed E-state index contributed by atoms with van der Waals surface area (Å²) in [6.07, 6.45) is 4.70. The van der Waals surface area contributed by atoms with E-state index in [4.69, 9.17) is 0 Å². The number of nitrogens with one attached hydrogen (secondary N) is 1. The minimum absolute atomic E-state index is 0. The minimum Gasteiger partial charge on any atom is -0.277 e. The number of rotatable bonds is 3. The average Bonchev–Trinajstić information content (AvgIpc) is 2.38. The van der Waals surface area contributed by atoms with Gasteiger partial charge in [-0.1, -0.05) is 13.3 Å². The molecule has 11 heavy (non-hydrogen) atoms. The van der Waals surface area contributed by atoms with Crippen molar-refractivity contribution in [3.8, 4) is 0 Å². The molecule has 0 bridgehead atoms. The summed E-state index contributed by atoms with van der Waals surface area (Å²) in [5, 5.41) is 3.21. The van der Waals surface area contributed by atoms with Crippen molar-refractivity contribution in [3.05, 3.63) is 0 Å². The van der Waals surface area contributed by atoms with Crippen molar-refractivity contribution >= 4 is 18.7 Å². The fourth-order valence-electron chi connectivity index (χ4n) is 1.37. The molecular weight excluding hydrogens is 160 g/mol. The van der Waals surface area contributed by atoms with E-state index in [0.29, 0.717) is 0 Å². The maximum Gasteiger partial charge on any atom is 0.232 e. The summed E-state index contributed by atoms with van der Waals surface area (Å²) >= 11 is 0. The monoisotopic (exact) mass is 177 g/mol. The van der Waals surface area contributed by atoms with E-state index in [9.17, 15) is 0 Å². The molecule has 2 nitrogen and oxygen atoms in total. The van der Waals surface area contributed by atoms with Gasteiger partial charge in [-0.2, -0.15) is 0 Å². The highest BCUT2D eigenvalue weighted by Gasteiger charge is 2.14. The van der Waals surface area contributed by atoms with Crippen LogP contribution >= 0.6 is 12.4 Å². The van der Waals surface area contributed by atoms with Gasteiger partial charge in [0, 0.05) is 0 Å². The number of nitrogens with zero attached hydrogens (tertiary/aromatic N) is 1. The van der Waals surface area contributed by atoms with E-state index < -0.39 is 0 Å². The zero-order valence-corrected chi connectivity index (χ0v) is 8.16. The van der Waals surface area contributed by atoms with Crippen LogP contribution in [0.1, 0.15) is 26.7 Å². The van der Waals surface area contributed by atoms with Crippen molar-refractivity contribution in [2.75, 3.05) is 13.1 Å². The Hall–Kier alpha value is -0.240. The van der Waals surface area contributed by atoms with E-state index in [2.05, 4.69) is 30.1 Å². The topological polar surface area (TPSA) is 15.0 Å². The van der Waals surface area contributed by atoms with Crippen molar-refractivity contribution in [1.29, 1.82) is 0 Å². The standard InChI is InChI=1S/C8H16N2.ClH/c1-3-4-8(2)10-6-5-9-7-10;/h7-8H,3-6H2,1-2H3;1H/p+1. The maximum absolute atomic E-state index is 3.21. The molecule has 1 N–H and O–H groups in total. The van der Waals surface area contributed by atoms with Crippen molar-refractivity contribution in [1.82, 2.24) is 5.32 Å². The van der Waals surface area contributed by atoms with E-state index in [1.165, 1.54) is 19.4 Å². The molecule has 0 radical (unpaired) electrons. The highest BCUT2D eigenvalue weighted by atomic mass is 35.5. The summed E-state index contributed by atoms with van der Waals surface area (Å²) in [5.74, 6) is 0. The first-order valence-electron chi connectivity index (χ1n) is 4.17. The molecule has 0 fully saturated rings. The lowest BCUT2D eigenvalue weighted by Crippen LogP contribution is -2.22. The summed E-state index contributed by atoms with van der Waals surface area (Å²) in [4.78, 5) is 0. The highest BCUT2D eigenvalue weighted by Crippen LogP contribution is 2.00. The predicted molar refractivity (Wildman–Crippen MR) is 50.8 cm³/mol. The first-order valence-corrected chi connectivity index (χ1v) is 4.17. The second-order valence-electron chi connectivity index (χ2n) is 2.96. The molecule has 1 aliphatic heterocycles. The molecule has 66 valence electrons. The lowest BCUT2D eigenvalue weighted by molar-refractivity contribution is -0.550. The molecule has 0 aromatic heterocycles. The number of hydrogen-bond donors (Lipinski definition) is 1. The van der Waals surface area contributed by atoms with E-state index in [-0.39, 0.29) is 12.4 Å². The fraction of sp³-hybridized carbons (Fsp3) is 0.875. The Morgan fingerprint density at radius 2 is 2.36 bits per heavy atom. The van der Waals surface area contributed by atoms with E-state index in [0.717, 1.165) is 12.6 Å². The minimum atomic E-state index is 0. The Labute approximate surface area is 75.1 Å². The second kappa shape index (κ2) is 5.42. The lowest BCUT2D eigenvalue weighted by atomic mass is 10.2. The Bertz CT molecular complexity index is 134. The molecule has 0 aliphatic carbocycles. The summed E-state index contributed by atoms with van der Waals surface area (Å²) in [5.41, 5.74) is 0. The van der Waals surface area contributed by atoms with Gasteiger partial charge in [-0.05, 0) is 13.3 Å². The molecule has 0 amide bonds. The SMILES string of the molecule is CCCC(C)[N+]1=CNCC1.Cl. The summed E-state index contributed by atoms with van der Waals surface area (Å²) in [6, 6.07) is 0.722. The molecule has 1 unspecified atom stereocenters. The molecule has 0 aromatic carbocycles. The number of hydrogen-bond acceptors (Lipinski definition) is 1. The molecule has 3 heteroatoms. The van der Waals surface area contributed by atoms with Crippen LogP contribution in [0.25, 0.3) is 0 Å². The van der Waals surface area contributed by atoms with E-state index in [1.807, 2.05) is 0 Å². The predicted octanol–water partition coefficient (Wildman–Crippen LogP) is 1.24. The van der Waals surface area contributed by atoms with Gasteiger partial charge in [-0.25, -0.2) is 0 Å². The van der Waals surface area contributed by atoms with E-state index >= 15 is 0 Å². The van der Waals surface area contributed by atoms with Crippen LogP contribution < -0.4 is 5.32 Å². The van der Waals surface area contributed by atoms with Crippen LogP contribution in [0.5, 0.6) is 0 Å². The second-order valence-corrected chi connectivity index (χ2v) is 2.96. The van der Waals surface area contributed by atoms with Gasteiger partial charge in [-0.3, -0.25) is 9.89 Å². The van der Waals surface area contributed by atoms with Crippen molar-refractivity contribution in [3.63, 3.8) is 0 Å². The van der Waals surface area contributed by atoms with Crippen LogP contribution in [0.2, 0.25) is 0 Å². The number of halogens is 1. The molecule has 1 aliphatic rings. The summed E-state index contributed by atoms with van der Waals surface area (Å²) < 4.78 is 2.38. The molecule has 0 aromatic rings. The van der Waals surface area contributed by atoms with Gasteiger partial charge in [0.15, 0.2) is 0 Å². The maximum atomic E-state index is 3.21. The highest BCUT2D eigenvalue weighted by molar-refractivity contribution is 5.85. The van der Waals surface area contributed by atoms with Crippen LogP contribution in [0.4, 0.5) is 0 Å². The van der Waals surface area contributed by atoms with Gasteiger partial charge in [0.25, 0.3) is 0 Å². The van der Waals surface area contributed by atoms with E-state index in [1.54, 1.807) is 0 Å². The fourth-order valence-corrected chi connectivity index (χ4v) is 1.37. The van der Waals surface area contributed by atoms with Gasteiger partial charge in [-0.15, -0.1) is 12.4 Å². The molecule has 0 spiro atoms. The lowest BCUT2D eigenvalue weighted by Gasteiger charge is -2.08. The molecular formula is C8H18ClN2+. The Kier molecular flexibility index (Phi) is 5.30. The third kappa shape index (κ3) is 3.10. The smallest absolute Gasteiger partial charge is 0.232 e. The molecule has 1 rings (SSSR count). The van der Waals surface area contributed by atoms with Gasteiger partial charge < -0.3 is 0 Å². The van der Waals surface area contributed by atoms with Crippen LogP contribution in [0, 0.1) is 0 Å². The summed E-state index contributed by atoms with van der Waals surface area (Å²) in [6.45, 7) is 6.82. The molecule has 1 heterocycles. The van der Waals surface area contributed by atoms with Gasteiger partial charge in [0.05, 0.1) is 6.04 Å². The van der Waals surface area contributed by atoms with Crippen LogP contribution in [0.3, 0.4) is 0 Å². The van der Waals surface area contributed by atoms with Gasteiger partial charge in [0.2, 0.25) is 6.34 Å².